The van der Waals surface area contributed by atoms with E-state index in [4.69, 9.17) is 0 Å². The van der Waals surface area contributed by atoms with Crippen molar-refractivity contribution in [2.24, 2.45) is 10.2 Å². The van der Waals surface area contributed by atoms with E-state index in [0.717, 1.165) is 26.2 Å². The Bertz CT molecular complexity index is 991. The Labute approximate surface area is 182 Å². The summed E-state index contributed by atoms with van der Waals surface area (Å²) in [6.07, 6.45) is -2.77. The van der Waals surface area contributed by atoms with Crippen LogP contribution in [0, 0.1) is 11.6 Å². The van der Waals surface area contributed by atoms with Crippen LogP contribution in [0.15, 0.2) is 52.7 Å². The molecule has 2 aliphatic heterocycles. The smallest absolute Gasteiger partial charge is 0.278 e. The van der Waals surface area contributed by atoms with E-state index < -0.39 is 12.2 Å². The molecule has 0 aromatic heterocycles. The summed E-state index contributed by atoms with van der Waals surface area (Å²) in [4.78, 5) is 0. The summed E-state index contributed by atoms with van der Waals surface area (Å²) >= 11 is 1.43. The molecule has 2 aromatic carbocycles. The van der Waals surface area contributed by atoms with Crippen LogP contribution in [-0.2, 0) is 6.54 Å². The van der Waals surface area contributed by atoms with Gasteiger partial charge in [-0.1, -0.05) is 18.2 Å². The van der Waals surface area contributed by atoms with Gasteiger partial charge in [-0.25, -0.2) is 21.9 Å². The predicted octanol–water partition coefficient (Wildman–Crippen LogP) is 4.25. The van der Waals surface area contributed by atoms with Crippen LogP contribution in [-0.4, -0.2) is 48.3 Å². The number of nitrogens with zero attached hydrogens (tertiary/aromatic N) is 4. The van der Waals surface area contributed by atoms with Crippen LogP contribution in [0.25, 0.3) is 0 Å². The van der Waals surface area contributed by atoms with Gasteiger partial charge in [0.15, 0.2) is 0 Å². The van der Waals surface area contributed by atoms with Crippen molar-refractivity contribution in [3.05, 3.63) is 65.2 Å². The van der Waals surface area contributed by atoms with Crippen LogP contribution >= 0.6 is 12.1 Å². The van der Waals surface area contributed by atoms with Crippen LogP contribution in [0.3, 0.4) is 0 Å². The molecule has 0 saturated carbocycles. The lowest BCUT2D eigenvalue weighted by Gasteiger charge is -2.32. The summed E-state index contributed by atoms with van der Waals surface area (Å²) in [5.41, 5.74) is 1.46. The quantitative estimate of drug-likeness (QED) is 0.505. The molecule has 1 saturated heterocycles. The highest BCUT2D eigenvalue weighted by atomic mass is 32.2. The Hall–Kier alpha value is -2.43. The van der Waals surface area contributed by atoms with Gasteiger partial charge in [-0.2, -0.15) is 10.2 Å². The summed E-state index contributed by atoms with van der Waals surface area (Å²) in [6, 6.07) is 10.7. The maximum Gasteiger partial charge on any atom is 0.278 e. The third-order valence-electron chi connectivity index (χ3n) is 4.99. The SMILES string of the molecule is Fc1cccc(N(Cc2ccc(C3=NN=C(C(F)F)C3)cc2F)SN2CCNCC2)c1. The highest BCUT2D eigenvalue weighted by molar-refractivity contribution is 7.98. The van der Waals surface area contributed by atoms with Gasteiger partial charge in [0, 0.05) is 55.9 Å². The third kappa shape index (κ3) is 5.44. The van der Waals surface area contributed by atoms with Crippen molar-refractivity contribution in [2.75, 3.05) is 30.5 Å². The van der Waals surface area contributed by atoms with Crippen molar-refractivity contribution in [2.45, 2.75) is 19.4 Å². The molecule has 10 heteroatoms. The van der Waals surface area contributed by atoms with Crippen molar-refractivity contribution < 1.29 is 17.6 Å². The number of anilines is 1. The van der Waals surface area contributed by atoms with Crippen LogP contribution in [0.4, 0.5) is 23.2 Å². The second-order valence-electron chi connectivity index (χ2n) is 7.20. The highest BCUT2D eigenvalue weighted by Crippen LogP contribution is 2.29. The van der Waals surface area contributed by atoms with Gasteiger partial charge < -0.3 is 5.32 Å². The molecule has 0 unspecified atom stereocenters. The van der Waals surface area contributed by atoms with Crippen LogP contribution in [0.1, 0.15) is 17.5 Å². The second-order valence-corrected chi connectivity index (χ2v) is 8.32. The topological polar surface area (TPSA) is 43.2 Å². The Morgan fingerprint density at radius 3 is 2.55 bits per heavy atom. The van der Waals surface area contributed by atoms with Crippen molar-refractivity contribution in [3.8, 4) is 0 Å². The van der Waals surface area contributed by atoms with E-state index in [1.54, 1.807) is 24.3 Å². The lowest BCUT2D eigenvalue weighted by atomic mass is 10.0. The van der Waals surface area contributed by atoms with E-state index in [1.807, 2.05) is 4.31 Å². The van der Waals surface area contributed by atoms with E-state index in [2.05, 4.69) is 19.8 Å². The van der Waals surface area contributed by atoms with Gasteiger partial charge in [0.2, 0.25) is 0 Å². The van der Waals surface area contributed by atoms with Gasteiger partial charge in [-0.05, 0) is 24.3 Å². The number of hydrogen-bond acceptors (Lipinski definition) is 6. The first-order valence-electron chi connectivity index (χ1n) is 9.86. The lowest BCUT2D eigenvalue weighted by molar-refractivity contribution is 0.224. The predicted molar refractivity (Wildman–Crippen MR) is 116 cm³/mol. The number of piperazine rings is 1. The minimum Gasteiger partial charge on any atom is -0.314 e. The third-order valence-corrected chi connectivity index (χ3v) is 6.12. The zero-order valence-corrected chi connectivity index (χ0v) is 17.4. The highest BCUT2D eigenvalue weighted by Gasteiger charge is 2.23. The molecule has 0 aliphatic carbocycles. The number of hydrogen-bond donors (Lipinski definition) is 1. The molecule has 164 valence electrons. The number of nitrogens with one attached hydrogen (secondary N) is 1. The van der Waals surface area contributed by atoms with Crippen molar-refractivity contribution in [1.82, 2.24) is 9.62 Å². The maximum atomic E-state index is 14.9. The van der Waals surface area contributed by atoms with Crippen LogP contribution in [0.5, 0.6) is 0 Å². The van der Waals surface area contributed by atoms with Crippen LogP contribution < -0.4 is 9.62 Å². The standard InChI is InChI=1S/C21H21F4N5S/c22-16-2-1-3-17(11-16)30(31-29-8-6-26-7-9-29)13-15-5-4-14(10-18(15)23)19-12-20(21(24)25)28-27-19/h1-5,10-11,21,26H,6-9,12-13H2. The molecule has 0 radical (unpaired) electrons. The zero-order valence-electron chi connectivity index (χ0n) is 16.6. The first kappa shape index (κ1) is 21.8. The summed E-state index contributed by atoms with van der Waals surface area (Å²) in [7, 11) is 0. The molecule has 1 fully saturated rings. The first-order valence-corrected chi connectivity index (χ1v) is 10.6. The normalized spacial score (nSPS) is 17.1. The van der Waals surface area contributed by atoms with Gasteiger partial charge in [0.05, 0.1) is 17.9 Å². The van der Waals surface area contributed by atoms with E-state index in [9.17, 15) is 17.6 Å². The van der Waals surface area contributed by atoms with E-state index in [0.29, 0.717) is 22.5 Å². The first-order chi connectivity index (χ1) is 15.0. The molecule has 4 rings (SSSR count). The molecule has 1 N–H and O–H groups in total. The van der Waals surface area contributed by atoms with Gasteiger partial charge in [-0.3, -0.25) is 4.31 Å². The molecule has 0 atom stereocenters. The molecular weight excluding hydrogens is 430 g/mol. The van der Waals surface area contributed by atoms with E-state index in [-0.39, 0.29) is 24.5 Å². The van der Waals surface area contributed by atoms with Gasteiger partial charge in [-0.15, -0.1) is 0 Å². The monoisotopic (exact) mass is 451 g/mol. The molecule has 2 aliphatic rings. The summed E-state index contributed by atoms with van der Waals surface area (Å²) in [5.74, 6) is -0.846. The zero-order chi connectivity index (χ0) is 21.8. The fraction of sp³-hybridized carbons (Fsp3) is 0.333. The number of rotatable bonds is 7. The Morgan fingerprint density at radius 2 is 1.87 bits per heavy atom. The lowest BCUT2D eigenvalue weighted by Crippen LogP contribution is -2.41. The van der Waals surface area contributed by atoms with Crippen molar-refractivity contribution in [1.29, 1.82) is 0 Å². The second kappa shape index (κ2) is 9.80. The fourth-order valence-electron chi connectivity index (χ4n) is 3.32. The molecule has 5 nitrogen and oxygen atoms in total. The molecule has 0 spiro atoms. The van der Waals surface area contributed by atoms with Gasteiger partial charge in [0.1, 0.15) is 17.3 Å². The molecule has 0 amide bonds. The number of benzene rings is 2. The maximum absolute atomic E-state index is 14.9. The average Bonchev–Trinajstić information content (AvgIpc) is 3.26. The van der Waals surface area contributed by atoms with Gasteiger partial charge in [0.25, 0.3) is 6.43 Å². The Balaban J connectivity index is 1.52. The Kier molecular flexibility index (Phi) is 6.89. The minimum absolute atomic E-state index is 0.0925. The summed E-state index contributed by atoms with van der Waals surface area (Å²) in [6.45, 7) is 3.51. The fourth-order valence-corrected chi connectivity index (χ4v) is 4.35. The summed E-state index contributed by atoms with van der Waals surface area (Å²) in [5, 5.41) is 10.5. The molecule has 2 aromatic rings. The van der Waals surface area contributed by atoms with Gasteiger partial charge >= 0.3 is 0 Å². The van der Waals surface area contributed by atoms with E-state index >= 15 is 0 Å². The largest absolute Gasteiger partial charge is 0.314 e. The molecule has 0 bridgehead atoms. The minimum atomic E-state index is -2.67. The molecule has 31 heavy (non-hydrogen) atoms. The van der Waals surface area contributed by atoms with Crippen molar-refractivity contribution >= 4 is 29.2 Å². The number of halogens is 4. The Morgan fingerprint density at radius 1 is 1.06 bits per heavy atom. The summed E-state index contributed by atoms with van der Waals surface area (Å²) < 4.78 is 58.3. The molecule has 2 heterocycles. The average molecular weight is 451 g/mol. The van der Waals surface area contributed by atoms with E-state index in [1.165, 1.54) is 30.3 Å². The number of alkyl halides is 2. The van der Waals surface area contributed by atoms with Crippen LogP contribution in [0.2, 0.25) is 0 Å². The molecular formula is C21H21F4N5S. The van der Waals surface area contributed by atoms with Crippen molar-refractivity contribution in [3.63, 3.8) is 0 Å².